The summed E-state index contributed by atoms with van der Waals surface area (Å²) in [6.45, 7) is 6.74. The fourth-order valence-corrected chi connectivity index (χ4v) is 4.54. The second-order valence-electron chi connectivity index (χ2n) is 5.18. The molecule has 0 bridgehead atoms. The molecular formula is C12H20N4O2S2. The van der Waals surface area contributed by atoms with Gasteiger partial charge >= 0.3 is 0 Å². The van der Waals surface area contributed by atoms with Crippen LogP contribution >= 0.6 is 12.2 Å². The molecule has 1 aliphatic rings. The molecule has 1 aromatic rings. The highest BCUT2D eigenvalue weighted by Gasteiger charge is 2.30. The summed E-state index contributed by atoms with van der Waals surface area (Å²) in [6.07, 6.45) is 2.46. The molecule has 1 saturated heterocycles. The van der Waals surface area contributed by atoms with E-state index in [2.05, 4.69) is 11.7 Å². The molecule has 0 N–H and O–H groups in total. The summed E-state index contributed by atoms with van der Waals surface area (Å²) in [5, 5.41) is 4.41. The average molecular weight is 316 g/mol. The maximum Gasteiger partial charge on any atom is 0.199 e. The van der Waals surface area contributed by atoms with Gasteiger partial charge in [0.1, 0.15) is 5.82 Å². The molecule has 112 valence electrons. The van der Waals surface area contributed by atoms with Crippen LogP contribution in [-0.2, 0) is 23.1 Å². The molecule has 8 heteroatoms. The Morgan fingerprint density at radius 1 is 1.60 bits per heavy atom. The molecule has 1 unspecified atom stereocenters. The van der Waals surface area contributed by atoms with E-state index in [4.69, 9.17) is 12.2 Å². The molecule has 0 spiro atoms. The van der Waals surface area contributed by atoms with Gasteiger partial charge in [0.2, 0.25) is 0 Å². The third kappa shape index (κ3) is 3.18. The Kier molecular flexibility index (Phi) is 4.46. The first kappa shape index (κ1) is 15.4. The molecule has 1 aliphatic heterocycles. The summed E-state index contributed by atoms with van der Waals surface area (Å²) < 4.78 is 27.3. The number of nitrogens with zero attached hydrogens (tertiary/aromatic N) is 4. The van der Waals surface area contributed by atoms with Gasteiger partial charge in [-0.05, 0) is 32.6 Å². The highest BCUT2D eigenvalue weighted by atomic mass is 32.2. The lowest BCUT2D eigenvalue weighted by Crippen LogP contribution is -2.34. The van der Waals surface area contributed by atoms with Gasteiger partial charge in [-0.2, -0.15) is 5.10 Å². The maximum absolute atomic E-state index is 11.5. The van der Waals surface area contributed by atoms with E-state index in [1.165, 1.54) is 0 Å². The Bertz CT molecular complexity index is 659. The largest absolute Gasteiger partial charge is 0.300 e. The smallest absolute Gasteiger partial charge is 0.199 e. The summed E-state index contributed by atoms with van der Waals surface area (Å²) in [6, 6.07) is 0.0479. The lowest BCUT2D eigenvalue weighted by atomic mass is 10.2. The van der Waals surface area contributed by atoms with Crippen molar-refractivity contribution in [1.29, 1.82) is 0 Å². The van der Waals surface area contributed by atoms with Crippen LogP contribution in [0, 0.1) is 11.7 Å². The second-order valence-corrected chi connectivity index (χ2v) is 7.78. The van der Waals surface area contributed by atoms with E-state index in [0.29, 0.717) is 24.4 Å². The van der Waals surface area contributed by atoms with E-state index in [-0.39, 0.29) is 17.5 Å². The van der Waals surface area contributed by atoms with Crippen LogP contribution < -0.4 is 0 Å². The van der Waals surface area contributed by atoms with Crippen molar-refractivity contribution in [3.05, 3.63) is 23.3 Å². The molecule has 2 rings (SSSR count). The van der Waals surface area contributed by atoms with Crippen molar-refractivity contribution in [1.82, 2.24) is 19.2 Å². The molecule has 6 nitrogen and oxygen atoms in total. The van der Waals surface area contributed by atoms with Crippen molar-refractivity contribution in [2.24, 2.45) is 0 Å². The maximum atomic E-state index is 11.5. The van der Waals surface area contributed by atoms with Gasteiger partial charge in [0.05, 0.1) is 18.2 Å². The molecule has 0 aromatic carbocycles. The van der Waals surface area contributed by atoms with Gasteiger partial charge in [0, 0.05) is 12.6 Å². The van der Waals surface area contributed by atoms with Crippen LogP contribution in [0.3, 0.4) is 0 Å². The van der Waals surface area contributed by atoms with Gasteiger partial charge < -0.3 is 4.57 Å². The van der Waals surface area contributed by atoms with E-state index in [1.807, 2.05) is 23.4 Å². The summed E-state index contributed by atoms with van der Waals surface area (Å²) in [7, 11) is -0.958. The highest BCUT2D eigenvalue weighted by Crippen LogP contribution is 2.17. The highest BCUT2D eigenvalue weighted by molar-refractivity contribution is 7.91. The van der Waals surface area contributed by atoms with Crippen molar-refractivity contribution in [2.45, 2.75) is 32.6 Å². The van der Waals surface area contributed by atoms with Gasteiger partial charge in [-0.3, -0.25) is 4.90 Å². The number of aromatic nitrogens is 3. The molecular weight excluding hydrogens is 296 g/mol. The molecule has 1 fully saturated rings. The predicted molar refractivity (Wildman–Crippen MR) is 80.8 cm³/mol. The number of hydrogen-bond acceptors (Lipinski definition) is 5. The van der Waals surface area contributed by atoms with Crippen molar-refractivity contribution in [3.63, 3.8) is 0 Å². The SMILES string of the molecule is C=CCn1c(C)nn(CN(C)C2CCS(=O)(=O)C2)c1=S. The quantitative estimate of drug-likeness (QED) is 0.599. The van der Waals surface area contributed by atoms with Crippen LogP contribution in [0.5, 0.6) is 0 Å². The Balaban J connectivity index is 2.13. The zero-order valence-corrected chi connectivity index (χ0v) is 13.5. The van der Waals surface area contributed by atoms with Crippen LogP contribution in [0.2, 0.25) is 0 Å². The van der Waals surface area contributed by atoms with Crippen molar-refractivity contribution in [3.8, 4) is 0 Å². The lowest BCUT2D eigenvalue weighted by molar-refractivity contribution is 0.196. The molecule has 0 radical (unpaired) electrons. The number of aryl methyl sites for hydroxylation is 1. The standard InChI is InChI=1S/C12H20N4O2S2/c1-4-6-15-10(2)13-16(12(15)19)9-14(3)11-5-7-20(17,18)8-11/h4,11H,1,5-9H2,2-3H3. The fraction of sp³-hybridized carbons (Fsp3) is 0.667. The number of allylic oxidation sites excluding steroid dienone is 1. The first-order chi connectivity index (χ1) is 9.34. The summed E-state index contributed by atoms with van der Waals surface area (Å²) >= 11 is 5.39. The molecule has 1 atom stereocenters. The van der Waals surface area contributed by atoms with Crippen molar-refractivity contribution < 1.29 is 8.42 Å². The minimum atomic E-state index is -2.87. The minimum Gasteiger partial charge on any atom is -0.300 e. The Hall–Kier alpha value is -0.990. The monoisotopic (exact) mass is 316 g/mol. The van der Waals surface area contributed by atoms with E-state index in [0.717, 1.165) is 5.82 Å². The fourth-order valence-electron chi connectivity index (χ4n) is 2.43. The Labute approximate surface area is 124 Å². The van der Waals surface area contributed by atoms with Crippen LogP contribution in [0.1, 0.15) is 12.2 Å². The number of sulfone groups is 1. The van der Waals surface area contributed by atoms with E-state index in [9.17, 15) is 8.42 Å². The number of hydrogen-bond donors (Lipinski definition) is 0. The van der Waals surface area contributed by atoms with Crippen molar-refractivity contribution >= 4 is 22.1 Å². The van der Waals surface area contributed by atoms with Crippen LogP contribution in [0.4, 0.5) is 0 Å². The third-order valence-electron chi connectivity index (χ3n) is 3.61. The summed E-state index contributed by atoms with van der Waals surface area (Å²) in [4.78, 5) is 2.00. The Morgan fingerprint density at radius 3 is 2.85 bits per heavy atom. The first-order valence-electron chi connectivity index (χ1n) is 6.50. The zero-order valence-electron chi connectivity index (χ0n) is 11.8. The van der Waals surface area contributed by atoms with E-state index >= 15 is 0 Å². The average Bonchev–Trinajstić information content (AvgIpc) is 2.85. The molecule has 2 heterocycles. The lowest BCUT2D eigenvalue weighted by Gasteiger charge is -2.22. The minimum absolute atomic E-state index is 0.0479. The molecule has 0 saturated carbocycles. The summed E-state index contributed by atoms with van der Waals surface area (Å²) in [5.41, 5.74) is 0. The van der Waals surface area contributed by atoms with Gasteiger partial charge in [-0.25, -0.2) is 13.1 Å². The molecule has 0 amide bonds. The van der Waals surface area contributed by atoms with E-state index in [1.54, 1.807) is 10.8 Å². The van der Waals surface area contributed by atoms with Gasteiger partial charge in [0.25, 0.3) is 0 Å². The third-order valence-corrected chi connectivity index (χ3v) is 5.79. The molecule has 20 heavy (non-hydrogen) atoms. The van der Waals surface area contributed by atoms with Gasteiger partial charge in [-0.1, -0.05) is 6.08 Å². The van der Waals surface area contributed by atoms with Crippen LogP contribution in [-0.4, -0.2) is 52.3 Å². The predicted octanol–water partition coefficient (Wildman–Crippen LogP) is 0.985. The van der Waals surface area contributed by atoms with E-state index < -0.39 is 9.84 Å². The topological polar surface area (TPSA) is 60.1 Å². The zero-order chi connectivity index (χ0) is 14.9. The molecule has 1 aromatic heterocycles. The van der Waals surface area contributed by atoms with Crippen molar-refractivity contribution in [2.75, 3.05) is 18.6 Å². The molecule has 0 aliphatic carbocycles. The Morgan fingerprint density at radius 2 is 2.30 bits per heavy atom. The first-order valence-corrected chi connectivity index (χ1v) is 8.73. The van der Waals surface area contributed by atoms with Gasteiger partial charge in [-0.15, -0.1) is 6.58 Å². The van der Waals surface area contributed by atoms with Crippen LogP contribution in [0.25, 0.3) is 0 Å². The second kappa shape index (κ2) is 5.79. The van der Waals surface area contributed by atoms with Crippen LogP contribution in [0.15, 0.2) is 12.7 Å². The van der Waals surface area contributed by atoms with Gasteiger partial charge in [0.15, 0.2) is 14.6 Å². The number of rotatable bonds is 5. The normalized spacial score (nSPS) is 21.4. The summed E-state index contributed by atoms with van der Waals surface area (Å²) in [5.74, 6) is 1.34.